The van der Waals surface area contributed by atoms with E-state index in [4.69, 9.17) is 16.2 Å². The van der Waals surface area contributed by atoms with Crippen molar-refractivity contribution in [3.8, 4) is 5.75 Å². The van der Waals surface area contributed by atoms with Gasteiger partial charge in [0.25, 0.3) is 10.9 Å². The Labute approximate surface area is 142 Å². The molecule has 1 aromatic heterocycles. The zero-order chi connectivity index (χ0) is 17.3. The second-order valence-corrected chi connectivity index (χ2v) is 6.70. The number of aromatic nitrogens is 1. The molecule has 2 unspecified atom stereocenters. The van der Waals surface area contributed by atoms with Crippen molar-refractivity contribution in [3.63, 3.8) is 0 Å². The first kappa shape index (κ1) is 16.4. The number of ether oxygens (including phenoxy) is 1. The fourth-order valence-electron chi connectivity index (χ4n) is 3.12. The molecule has 0 aliphatic heterocycles. The predicted molar refractivity (Wildman–Crippen MR) is 94.1 cm³/mol. The molecular formula is C15H19N5O3S. The Kier molecular flexibility index (Phi) is 4.52. The van der Waals surface area contributed by atoms with Crippen LogP contribution in [0.5, 0.6) is 5.75 Å². The Bertz CT molecular complexity index is 833. The van der Waals surface area contributed by atoms with E-state index in [0.29, 0.717) is 10.8 Å². The highest BCUT2D eigenvalue weighted by Crippen LogP contribution is 2.36. The fraction of sp³-hybridized carbons (Fsp3) is 0.467. The van der Waals surface area contributed by atoms with Gasteiger partial charge in [-0.2, -0.15) is 4.99 Å². The van der Waals surface area contributed by atoms with Crippen LogP contribution >= 0.6 is 11.3 Å². The van der Waals surface area contributed by atoms with Crippen LogP contribution in [-0.4, -0.2) is 24.1 Å². The van der Waals surface area contributed by atoms with Gasteiger partial charge >= 0.3 is 0 Å². The molecule has 1 aliphatic rings. The van der Waals surface area contributed by atoms with Crippen molar-refractivity contribution in [1.82, 2.24) is 4.98 Å². The van der Waals surface area contributed by atoms with Crippen LogP contribution in [0.4, 0.5) is 10.8 Å². The highest BCUT2D eigenvalue weighted by molar-refractivity contribution is 7.13. The number of anilines is 1. The summed E-state index contributed by atoms with van der Waals surface area (Å²) in [6, 6.07) is 0.106. The second-order valence-electron chi connectivity index (χ2n) is 5.86. The molecule has 0 radical (unpaired) electrons. The molecule has 8 nitrogen and oxygen atoms in total. The average Bonchev–Trinajstić information content (AvgIpc) is 3.02. The first-order valence-electron chi connectivity index (χ1n) is 7.68. The molecule has 9 heteroatoms. The summed E-state index contributed by atoms with van der Waals surface area (Å²) in [6.45, 7) is 0. The van der Waals surface area contributed by atoms with Crippen molar-refractivity contribution in [2.24, 2.45) is 16.5 Å². The minimum Gasteiger partial charge on any atom is -0.491 e. The second kappa shape index (κ2) is 6.60. The largest absolute Gasteiger partial charge is 0.491 e. The molecule has 1 aliphatic carbocycles. The third-order valence-corrected chi connectivity index (χ3v) is 5.00. The molecule has 1 heterocycles. The average molecular weight is 349 g/mol. The van der Waals surface area contributed by atoms with Gasteiger partial charge in [0.1, 0.15) is 5.69 Å². The summed E-state index contributed by atoms with van der Waals surface area (Å²) >= 11 is 1.40. The molecule has 1 aromatic carbocycles. The Hall–Kier alpha value is -2.42. The highest BCUT2D eigenvalue weighted by Gasteiger charge is 2.29. The number of guanidine groups is 1. The highest BCUT2D eigenvalue weighted by atomic mass is 32.1. The molecule has 24 heavy (non-hydrogen) atoms. The van der Waals surface area contributed by atoms with E-state index in [1.807, 2.05) is 5.38 Å². The molecule has 0 amide bonds. The molecule has 2 aromatic rings. The Morgan fingerprint density at radius 3 is 2.88 bits per heavy atom. The van der Waals surface area contributed by atoms with Gasteiger partial charge in [-0.3, -0.25) is 9.59 Å². The van der Waals surface area contributed by atoms with Crippen molar-refractivity contribution >= 4 is 28.1 Å². The molecule has 0 bridgehead atoms. The van der Waals surface area contributed by atoms with Crippen LogP contribution in [-0.2, 0) is 0 Å². The van der Waals surface area contributed by atoms with Gasteiger partial charge < -0.3 is 21.5 Å². The Balaban J connectivity index is 1.69. The van der Waals surface area contributed by atoms with Crippen LogP contribution < -0.4 is 32.4 Å². The number of methoxy groups -OCH3 is 1. The number of thiazole rings is 1. The minimum atomic E-state index is -0.561. The number of nitrogens with one attached hydrogen (secondary N) is 1. The van der Waals surface area contributed by atoms with Crippen LogP contribution in [0.1, 0.15) is 37.3 Å². The van der Waals surface area contributed by atoms with E-state index < -0.39 is 10.9 Å². The number of nitrogens with two attached hydrogens (primary N) is 2. The van der Waals surface area contributed by atoms with Crippen molar-refractivity contribution in [2.45, 2.75) is 37.6 Å². The summed E-state index contributed by atoms with van der Waals surface area (Å²) in [7, 11) is 1.39. The zero-order valence-electron chi connectivity index (χ0n) is 13.2. The lowest BCUT2D eigenvalue weighted by atomic mass is 9.84. The number of nitrogens with zero attached hydrogens (tertiary/aromatic N) is 2. The zero-order valence-corrected chi connectivity index (χ0v) is 14.1. The van der Waals surface area contributed by atoms with Gasteiger partial charge in [-0.05, 0) is 19.3 Å². The predicted octanol–water partition coefficient (Wildman–Crippen LogP) is 0.791. The summed E-state index contributed by atoms with van der Waals surface area (Å²) < 4.78 is 4.97. The van der Waals surface area contributed by atoms with Crippen LogP contribution in [0.2, 0.25) is 0 Å². The first-order valence-corrected chi connectivity index (χ1v) is 8.56. The molecule has 5 N–H and O–H groups in total. The molecule has 2 atom stereocenters. The van der Waals surface area contributed by atoms with Crippen LogP contribution in [0.15, 0.2) is 20.0 Å². The van der Waals surface area contributed by atoms with E-state index in [2.05, 4.69) is 15.3 Å². The van der Waals surface area contributed by atoms with Gasteiger partial charge in [-0.25, -0.2) is 4.98 Å². The molecule has 1 saturated carbocycles. The van der Waals surface area contributed by atoms with E-state index >= 15 is 0 Å². The maximum Gasteiger partial charge on any atom is 0.271 e. The number of hydrogen-bond donors (Lipinski definition) is 3. The number of hydrogen-bond acceptors (Lipinski definition) is 7. The smallest absolute Gasteiger partial charge is 0.271 e. The Morgan fingerprint density at radius 2 is 2.17 bits per heavy atom. The van der Waals surface area contributed by atoms with Gasteiger partial charge in [0, 0.05) is 17.3 Å². The summed E-state index contributed by atoms with van der Waals surface area (Å²) in [4.78, 5) is 31.5. The lowest BCUT2D eigenvalue weighted by molar-refractivity contribution is 0.393. The first-order chi connectivity index (χ1) is 11.5. The van der Waals surface area contributed by atoms with Crippen LogP contribution in [0, 0.1) is 0 Å². The van der Waals surface area contributed by atoms with Gasteiger partial charge in [-0.15, -0.1) is 11.3 Å². The fourth-order valence-corrected chi connectivity index (χ4v) is 3.90. The lowest BCUT2D eigenvalue weighted by Gasteiger charge is -2.30. The quantitative estimate of drug-likeness (QED) is 0.413. The third kappa shape index (κ3) is 3.12. The van der Waals surface area contributed by atoms with E-state index in [1.54, 1.807) is 0 Å². The SMILES string of the molecule is COc1c(NC2CCCC(c3csc(N=C(N)N)n3)C2)c(=O)c1=O. The minimum absolute atomic E-state index is 0.00807. The van der Waals surface area contributed by atoms with Crippen molar-refractivity contribution in [2.75, 3.05) is 12.4 Å². The monoisotopic (exact) mass is 349 g/mol. The van der Waals surface area contributed by atoms with Crippen LogP contribution in [0.25, 0.3) is 0 Å². The Morgan fingerprint density at radius 1 is 1.38 bits per heavy atom. The third-order valence-electron chi connectivity index (χ3n) is 4.25. The summed E-state index contributed by atoms with van der Waals surface area (Å²) in [5.41, 5.74) is 10.9. The summed E-state index contributed by atoms with van der Waals surface area (Å²) in [5.74, 6) is 0.394. The van der Waals surface area contributed by atoms with Crippen molar-refractivity contribution in [3.05, 3.63) is 31.5 Å². The molecule has 0 spiro atoms. The molecular weight excluding hydrogens is 330 g/mol. The van der Waals surface area contributed by atoms with Gasteiger partial charge in [-0.1, -0.05) is 6.42 Å². The molecule has 3 rings (SSSR count). The maximum absolute atomic E-state index is 11.7. The lowest BCUT2D eigenvalue weighted by Crippen LogP contribution is -2.39. The van der Waals surface area contributed by atoms with Crippen LogP contribution in [0.3, 0.4) is 0 Å². The summed E-state index contributed by atoms with van der Waals surface area (Å²) in [5, 5.41) is 5.68. The van der Waals surface area contributed by atoms with E-state index in [-0.39, 0.29) is 23.7 Å². The molecule has 0 saturated heterocycles. The molecule has 1 fully saturated rings. The van der Waals surface area contributed by atoms with E-state index in [9.17, 15) is 9.59 Å². The van der Waals surface area contributed by atoms with E-state index in [0.717, 1.165) is 31.4 Å². The normalized spacial score (nSPS) is 20.7. The standard InChI is InChI=1S/C15H19N5O3S/c1-23-13-10(11(21)12(13)22)18-8-4-2-3-7(5-8)9-6-24-15(19-9)20-14(16)17/h6-8,18H,2-5H2,1H3,(H4,16,17,19,20). The topological polar surface area (TPSA) is 133 Å². The van der Waals surface area contributed by atoms with Gasteiger partial charge in [0.2, 0.25) is 5.13 Å². The van der Waals surface area contributed by atoms with Gasteiger partial charge in [0.15, 0.2) is 11.7 Å². The summed E-state index contributed by atoms with van der Waals surface area (Å²) in [6.07, 6.45) is 3.79. The van der Waals surface area contributed by atoms with Crippen molar-refractivity contribution in [1.29, 1.82) is 0 Å². The number of aliphatic imine (C=N–C) groups is 1. The van der Waals surface area contributed by atoms with E-state index in [1.165, 1.54) is 18.4 Å². The van der Waals surface area contributed by atoms with Crippen molar-refractivity contribution < 1.29 is 4.74 Å². The maximum atomic E-state index is 11.7. The number of rotatable bonds is 5. The molecule has 128 valence electrons. The van der Waals surface area contributed by atoms with Gasteiger partial charge in [0.05, 0.1) is 12.8 Å².